The highest BCUT2D eigenvalue weighted by molar-refractivity contribution is 5.86. The summed E-state index contributed by atoms with van der Waals surface area (Å²) < 4.78 is 0. The Kier molecular flexibility index (Phi) is 35.0. The van der Waals surface area contributed by atoms with E-state index in [9.17, 15) is 19.2 Å². The summed E-state index contributed by atoms with van der Waals surface area (Å²) in [6, 6.07) is 0. The number of hydrogen-bond donors (Lipinski definition) is 4. The van der Waals surface area contributed by atoms with Gasteiger partial charge in [-0.05, 0) is 62.3 Å². The summed E-state index contributed by atoms with van der Waals surface area (Å²) in [7, 11) is 0. The van der Waals surface area contributed by atoms with Gasteiger partial charge in [0, 0.05) is 22.3 Å². The van der Waals surface area contributed by atoms with Gasteiger partial charge in [-0.15, -0.1) is 26.3 Å². The Morgan fingerprint density at radius 2 is 0.568 bits per heavy atom. The van der Waals surface area contributed by atoms with Gasteiger partial charge >= 0.3 is 23.9 Å². The first-order chi connectivity index (χ1) is 16.7. The van der Waals surface area contributed by atoms with Crippen LogP contribution in [0.1, 0.15) is 51.4 Å². The van der Waals surface area contributed by atoms with Gasteiger partial charge < -0.3 is 20.4 Å². The minimum atomic E-state index is -0.920. The molecule has 0 radical (unpaired) electrons. The number of rotatable bonds is 16. The number of carboxylic acids is 4. The monoisotopic (exact) mass is 536 g/mol. The highest BCUT2D eigenvalue weighted by Gasteiger charge is 2.01. The van der Waals surface area contributed by atoms with E-state index in [1.807, 2.05) is 0 Å². The van der Waals surface area contributed by atoms with Crippen LogP contribution < -0.4 is 0 Å². The Hall–Kier alpha value is -3.98. The zero-order valence-corrected chi connectivity index (χ0v) is 21.0. The molecule has 0 rings (SSSR count). The van der Waals surface area contributed by atoms with Crippen molar-refractivity contribution >= 4 is 34.8 Å². The highest BCUT2D eigenvalue weighted by Crippen LogP contribution is 2.03. The van der Waals surface area contributed by atoms with E-state index in [4.69, 9.17) is 20.4 Å². The van der Waals surface area contributed by atoms with Gasteiger partial charge in [-0.3, -0.25) is 0 Å². The molecule has 0 aromatic carbocycles. The van der Waals surface area contributed by atoms with Crippen molar-refractivity contribution < 1.29 is 39.6 Å². The van der Waals surface area contributed by atoms with Gasteiger partial charge in [0.15, 0.2) is 0 Å². The Labute approximate surface area is 225 Å². The number of carbonyl (C=O) groups is 4. The molecular weight excluding hydrogens is 492 g/mol. The van der Waals surface area contributed by atoms with Gasteiger partial charge in [0.2, 0.25) is 0 Å². The average Bonchev–Trinajstić information content (AvgIpc) is 2.83. The molecule has 0 saturated heterocycles. The van der Waals surface area contributed by atoms with E-state index in [0.717, 1.165) is 0 Å². The van der Waals surface area contributed by atoms with Crippen LogP contribution >= 0.6 is 0 Å². The lowest BCUT2D eigenvalue weighted by atomic mass is 10.2. The van der Waals surface area contributed by atoms with E-state index in [1.165, 1.54) is 0 Å². The second kappa shape index (κ2) is 30.0. The Morgan fingerprint density at radius 3 is 0.649 bits per heavy atom. The third-order valence-corrected chi connectivity index (χ3v) is 3.81. The lowest BCUT2D eigenvalue weighted by molar-refractivity contribution is -0.133. The molecule has 0 saturated carbocycles. The predicted molar refractivity (Wildman–Crippen MR) is 156 cm³/mol. The molecule has 0 amide bonds. The normalized spacial score (nSPS) is 8.22. The van der Waals surface area contributed by atoms with Crippen molar-refractivity contribution in [3.05, 3.63) is 99.2 Å². The summed E-state index contributed by atoms with van der Waals surface area (Å²) in [5.41, 5.74) is 0.981. The van der Waals surface area contributed by atoms with E-state index in [2.05, 4.69) is 52.6 Å². The maximum Gasteiger partial charge on any atom is 0.330 e. The van der Waals surface area contributed by atoms with Gasteiger partial charge in [-0.25, -0.2) is 19.2 Å². The number of hydrogen-bond acceptors (Lipinski definition) is 4. The van der Waals surface area contributed by atoms with Crippen molar-refractivity contribution in [1.82, 2.24) is 0 Å². The Morgan fingerprint density at radius 1 is 0.432 bits per heavy atom. The van der Waals surface area contributed by atoms with E-state index in [-0.39, 0.29) is 33.3 Å². The molecule has 0 aliphatic carbocycles. The van der Waals surface area contributed by atoms with Gasteiger partial charge in [-0.1, -0.05) is 50.6 Å². The van der Waals surface area contributed by atoms with Crippen LogP contribution in [0.5, 0.6) is 0 Å². The standard InChI is InChI=1S/4C7H10O2.H4Si/c4*1-3-4-5-6(2)7(8)9;/h4*3H,1-2,4-5H2,(H,8,9);1H4. The number of allylic oxidation sites excluding steroid dienone is 4. The van der Waals surface area contributed by atoms with E-state index in [1.54, 1.807) is 24.3 Å². The first-order valence-electron chi connectivity index (χ1n) is 10.8. The quantitative estimate of drug-likeness (QED) is 0.123. The Balaban J connectivity index is -0.000000122. The zero-order chi connectivity index (χ0) is 29.1. The molecule has 0 heterocycles. The fourth-order valence-electron chi connectivity index (χ4n) is 1.53. The van der Waals surface area contributed by atoms with Crippen LogP contribution in [0.2, 0.25) is 0 Å². The van der Waals surface area contributed by atoms with Crippen molar-refractivity contribution in [3.8, 4) is 0 Å². The molecular formula is C28H44O8Si. The maximum atomic E-state index is 10.1. The van der Waals surface area contributed by atoms with Crippen LogP contribution in [0.25, 0.3) is 0 Å². The van der Waals surface area contributed by atoms with Crippen molar-refractivity contribution in [2.24, 2.45) is 0 Å². The van der Waals surface area contributed by atoms with E-state index in [0.29, 0.717) is 51.4 Å². The number of carboxylic acid groups (broad SMARTS) is 4. The lowest BCUT2D eigenvalue weighted by Gasteiger charge is -1.93. The summed E-state index contributed by atoms with van der Waals surface area (Å²) in [6.45, 7) is 27.2. The molecule has 0 fully saturated rings. The van der Waals surface area contributed by atoms with Gasteiger partial charge in [0.05, 0.1) is 0 Å². The molecule has 0 unspecified atom stereocenters. The fraction of sp³-hybridized carbons (Fsp3) is 0.286. The van der Waals surface area contributed by atoms with Crippen LogP contribution in [-0.2, 0) is 19.2 Å². The van der Waals surface area contributed by atoms with Gasteiger partial charge in [-0.2, -0.15) is 0 Å². The molecule has 0 aliphatic heterocycles. The molecule has 0 aromatic heterocycles. The van der Waals surface area contributed by atoms with Crippen molar-refractivity contribution in [2.75, 3.05) is 0 Å². The summed E-state index contributed by atoms with van der Waals surface area (Å²) in [5, 5.41) is 33.1. The summed E-state index contributed by atoms with van der Waals surface area (Å²) >= 11 is 0. The largest absolute Gasteiger partial charge is 0.478 e. The predicted octanol–water partition coefficient (Wildman–Crippen LogP) is 4.92. The smallest absolute Gasteiger partial charge is 0.330 e. The molecule has 208 valence electrons. The Bertz CT molecular complexity index is 686. The first kappa shape index (κ1) is 43.1. The molecule has 8 nitrogen and oxygen atoms in total. The van der Waals surface area contributed by atoms with E-state index >= 15 is 0 Å². The van der Waals surface area contributed by atoms with Crippen LogP contribution in [-0.4, -0.2) is 55.3 Å². The van der Waals surface area contributed by atoms with Crippen LogP contribution in [0, 0.1) is 0 Å². The molecule has 4 N–H and O–H groups in total. The van der Waals surface area contributed by atoms with Gasteiger partial charge in [0.25, 0.3) is 0 Å². The summed E-state index contributed by atoms with van der Waals surface area (Å²) in [5.74, 6) is -3.68. The molecule has 0 aromatic rings. The second-order valence-electron chi connectivity index (χ2n) is 6.94. The maximum absolute atomic E-state index is 10.1. The van der Waals surface area contributed by atoms with Crippen LogP contribution in [0.3, 0.4) is 0 Å². The molecule has 37 heavy (non-hydrogen) atoms. The van der Waals surface area contributed by atoms with Crippen LogP contribution in [0.4, 0.5) is 0 Å². The minimum absolute atomic E-state index is 0. The third kappa shape index (κ3) is 36.8. The topological polar surface area (TPSA) is 149 Å². The van der Waals surface area contributed by atoms with Crippen molar-refractivity contribution in [3.63, 3.8) is 0 Å². The minimum Gasteiger partial charge on any atom is -0.478 e. The molecule has 0 aliphatic rings. The summed E-state index contributed by atoms with van der Waals surface area (Å²) in [6.07, 6.45) is 11.4. The van der Waals surface area contributed by atoms with Crippen molar-refractivity contribution in [1.29, 1.82) is 0 Å². The molecule has 0 bridgehead atoms. The third-order valence-electron chi connectivity index (χ3n) is 3.81. The lowest BCUT2D eigenvalue weighted by Crippen LogP contribution is -1.97. The SMILES string of the molecule is C=CCCC(=C)C(=O)O.C=CCCC(=C)C(=O)O.C=CCCC(=C)C(=O)O.C=CCCC(=C)C(=O)O.[SiH4]. The van der Waals surface area contributed by atoms with Crippen molar-refractivity contribution in [2.45, 2.75) is 51.4 Å². The average molecular weight is 537 g/mol. The van der Waals surface area contributed by atoms with E-state index < -0.39 is 23.9 Å². The number of aliphatic carboxylic acids is 4. The molecule has 0 atom stereocenters. The fourth-order valence-corrected chi connectivity index (χ4v) is 1.53. The zero-order valence-electron chi connectivity index (χ0n) is 21.0. The summed E-state index contributed by atoms with van der Waals surface area (Å²) in [4.78, 5) is 40.3. The van der Waals surface area contributed by atoms with Gasteiger partial charge in [0.1, 0.15) is 0 Å². The molecule has 0 spiro atoms. The van der Waals surface area contributed by atoms with Crippen LogP contribution in [0.15, 0.2) is 99.2 Å². The second-order valence-corrected chi connectivity index (χ2v) is 6.94. The first-order valence-corrected chi connectivity index (χ1v) is 10.8. The highest BCUT2D eigenvalue weighted by atomic mass is 28.1. The molecule has 9 heteroatoms.